The largest absolute Gasteiger partial charge is 0.474 e. The summed E-state index contributed by atoms with van der Waals surface area (Å²) in [5.41, 5.74) is 1.87. The van der Waals surface area contributed by atoms with Crippen molar-refractivity contribution in [2.75, 3.05) is 0 Å². The minimum absolute atomic E-state index is 0.0870. The van der Waals surface area contributed by atoms with E-state index in [9.17, 15) is 19.7 Å². The molecular formula is C16H17N3O5. The molecule has 0 aromatic carbocycles. The lowest BCUT2D eigenvalue weighted by Gasteiger charge is -2.13. The highest BCUT2D eigenvalue weighted by molar-refractivity contribution is 6.04. The van der Waals surface area contributed by atoms with Crippen molar-refractivity contribution in [2.24, 2.45) is 0 Å². The van der Waals surface area contributed by atoms with E-state index in [1.165, 1.54) is 32.2 Å². The molecule has 0 amide bonds. The SMILES string of the molecule is CC(=O)c1c(C)[nH]c(C(=O)[C@@H](C)Oc2cccnc2[N+](=O)[O-])c1C. The van der Waals surface area contributed by atoms with E-state index in [-0.39, 0.29) is 17.2 Å². The summed E-state index contributed by atoms with van der Waals surface area (Å²) in [5.74, 6) is -1.09. The summed E-state index contributed by atoms with van der Waals surface area (Å²) in [6.07, 6.45) is 0.291. The van der Waals surface area contributed by atoms with Crippen molar-refractivity contribution in [1.29, 1.82) is 0 Å². The summed E-state index contributed by atoms with van der Waals surface area (Å²) in [6, 6.07) is 2.86. The third kappa shape index (κ3) is 3.17. The Morgan fingerprint density at radius 3 is 2.58 bits per heavy atom. The number of rotatable bonds is 6. The first-order valence-electron chi connectivity index (χ1n) is 7.24. The normalized spacial score (nSPS) is 11.8. The Kier molecular flexibility index (Phi) is 4.77. The third-order valence-electron chi connectivity index (χ3n) is 3.63. The maximum Gasteiger partial charge on any atom is 0.406 e. The Morgan fingerprint density at radius 2 is 2.04 bits per heavy atom. The monoisotopic (exact) mass is 331 g/mol. The van der Waals surface area contributed by atoms with Crippen molar-refractivity contribution in [2.45, 2.75) is 33.8 Å². The zero-order chi connectivity index (χ0) is 18.0. The number of hydrogen-bond acceptors (Lipinski definition) is 6. The van der Waals surface area contributed by atoms with Crippen molar-refractivity contribution in [3.63, 3.8) is 0 Å². The van der Waals surface area contributed by atoms with Crippen LogP contribution >= 0.6 is 0 Å². The molecule has 2 heterocycles. The first kappa shape index (κ1) is 17.3. The lowest BCUT2D eigenvalue weighted by atomic mass is 10.0. The molecule has 0 aliphatic heterocycles. The summed E-state index contributed by atoms with van der Waals surface area (Å²) >= 11 is 0. The van der Waals surface area contributed by atoms with Gasteiger partial charge in [-0.15, -0.1) is 0 Å². The quantitative estimate of drug-likeness (QED) is 0.494. The average molecular weight is 331 g/mol. The van der Waals surface area contributed by atoms with Gasteiger partial charge in [-0.3, -0.25) is 9.59 Å². The van der Waals surface area contributed by atoms with Crippen molar-refractivity contribution in [3.05, 3.63) is 51.0 Å². The van der Waals surface area contributed by atoms with Crippen LogP contribution in [0.25, 0.3) is 0 Å². The number of aryl methyl sites for hydroxylation is 1. The molecule has 8 heteroatoms. The van der Waals surface area contributed by atoms with E-state index in [4.69, 9.17) is 4.74 Å². The number of nitrogens with zero attached hydrogens (tertiary/aromatic N) is 2. The predicted molar refractivity (Wildman–Crippen MR) is 85.6 cm³/mol. The van der Waals surface area contributed by atoms with E-state index in [0.717, 1.165) is 0 Å². The maximum absolute atomic E-state index is 12.6. The maximum atomic E-state index is 12.6. The summed E-state index contributed by atoms with van der Waals surface area (Å²) in [6.45, 7) is 6.29. The van der Waals surface area contributed by atoms with Gasteiger partial charge in [0, 0.05) is 11.3 Å². The van der Waals surface area contributed by atoms with Crippen LogP contribution in [0.3, 0.4) is 0 Å². The molecule has 1 atom stereocenters. The minimum atomic E-state index is -0.982. The molecule has 1 N–H and O–H groups in total. The number of Topliss-reactive ketones (excluding diaryl/α,β-unsaturated/α-hetero) is 2. The number of H-pyrrole nitrogens is 1. The molecule has 126 valence electrons. The van der Waals surface area contributed by atoms with Gasteiger partial charge in [0.2, 0.25) is 11.5 Å². The zero-order valence-electron chi connectivity index (χ0n) is 13.7. The summed E-state index contributed by atoms with van der Waals surface area (Å²) in [5, 5.41) is 11.0. The van der Waals surface area contributed by atoms with Crippen LogP contribution in [-0.4, -0.2) is 32.6 Å². The van der Waals surface area contributed by atoms with Crippen molar-refractivity contribution in [3.8, 4) is 5.75 Å². The molecular weight excluding hydrogens is 314 g/mol. The van der Waals surface area contributed by atoms with E-state index in [1.54, 1.807) is 13.8 Å². The first-order valence-corrected chi connectivity index (χ1v) is 7.24. The predicted octanol–water partition coefficient (Wildman–Crippen LogP) is 2.79. The minimum Gasteiger partial charge on any atom is -0.474 e. The van der Waals surface area contributed by atoms with E-state index in [2.05, 4.69) is 9.97 Å². The average Bonchev–Trinajstić information content (AvgIpc) is 2.81. The Balaban J connectivity index is 2.30. The number of aromatic amines is 1. The second-order valence-electron chi connectivity index (χ2n) is 5.39. The standard InChI is InChI=1S/C16H17N3O5/c1-8-13(10(3)20)9(2)18-14(8)15(21)11(4)24-12-6-5-7-17-16(12)19(22)23/h5-7,11,18H,1-4H3/t11-/m1/s1. The van der Waals surface area contributed by atoms with Crippen molar-refractivity contribution >= 4 is 17.4 Å². The molecule has 0 bridgehead atoms. The molecule has 0 saturated carbocycles. The highest BCUT2D eigenvalue weighted by Gasteiger charge is 2.27. The molecule has 0 aliphatic carbocycles. The number of carbonyl (C=O) groups excluding carboxylic acids is 2. The van der Waals surface area contributed by atoms with Gasteiger partial charge < -0.3 is 19.8 Å². The number of ether oxygens (including phenoxy) is 1. The number of carbonyl (C=O) groups is 2. The third-order valence-corrected chi connectivity index (χ3v) is 3.63. The molecule has 0 unspecified atom stereocenters. The molecule has 2 aromatic heterocycles. The molecule has 8 nitrogen and oxygen atoms in total. The van der Waals surface area contributed by atoms with Gasteiger partial charge in [-0.1, -0.05) is 0 Å². The van der Waals surface area contributed by atoms with Gasteiger partial charge in [0.15, 0.2) is 11.9 Å². The van der Waals surface area contributed by atoms with Crippen molar-refractivity contribution in [1.82, 2.24) is 9.97 Å². The smallest absolute Gasteiger partial charge is 0.406 e. The van der Waals surface area contributed by atoms with Gasteiger partial charge >= 0.3 is 5.82 Å². The molecule has 0 saturated heterocycles. The number of ketones is 2. The molecule has 0 aliphatic rings. The molecule has 24 heavy (non-hydrogen) atoms. The van der Waals surface area contributed by atoms with Gasteiger partial charge in [-0.2, -0.15) is 0 Å². The van der Waals surface area contributed by atoms with Gasteiger partial charge in [-0.05, 0) is 55.3 Å². The fourth-order valence-corrected chi connectivity index (χ4v) is 2.58. The van der Waals surface area contributed by atoms with Gasteiger partial charge in [0.25, 0.3) is 0 Å². The molecule has 2 aromatic rings. The van der Waals surface area contributed by atoms with Crippen LogP contribution < -0.4 is 4.74 Å². The van der Waals surface area contributed by atoms with E-state index >= 15 is 0 Å². The number of hydrogen-bond donors (Lipinski definition) is 1. The van der Waals surface area contributed by atoms with E-state index < -0.39 is 22.6 Å². The molecule has 0 spiro atoms. The highest BCUT2D eigenvalue weighted by atomic mass is 16.6. The Labute approximate surface area is 138 Å². The second-order valence-corrected chi connectivity index (χ2v) is 5.39. The fourth-order valence-electron chi connectivity index (χ4n) is 2.58. The van der Waals surface area contributed by atoms with Gasteiger partial charge in [-0.25, -0.2) is 0 Å². The van der Waals surface area contributed by atoms with Crippen LogP contribution in [0.1, 0.15) is 46.0 Å². The molecule has 0 fully saturated rings. The lowest BCUT2D eigenvalue weighted by molar-refractivity contribution is -0.390. The highest BCUT2D eigenvalue weighted by Crippen LogP contribution is 2.26. The van der Waals surface area contributed by atoms with Crippen LogP contribution in [0.4, 0.5) is 5.82 Å². The summed E-state index contributed by atoms with van der Waals surface area (Å²) in [7, 11) is 0. The Bertz CT molecular complexity index is 825. The number of pyridine rings is 1. The zero-order valence-corrected chi connectivity index (χ0v) is 13.7. The summed E-state index contributed by atoms with van der Waals surface area (Å²) < 4.78 is 5.43. The van der Waals surface area contributed by atoms with Crippen LogP contribution in [0, 0.1) is 24.0 Å². The molecule has 0 radical (unpaired) electrons. The topological polar surface area (TPSA) is 115 Å². The molecule has 2 rings (SSSR count). The van der Waals surface area contributed by atoms with Crippen LogP contribution in [0.15, 0.2) is 18.3 Å². The number of nitrogens with one attached hydrogen (secondary N) is 1. The van der Waals surface area contributed by atoms with Gasteiger partial charge in [0.1, 0.15) is 6.20 Å². The lowest BCUT2D eigenvalue weighted by Crippen LogP contribution is -2.25. The summed E-state index contributed by atoms with van der Waals surface area (Å²) in [4.78, 5) is 41.1. The van der Waals surface area contributed by atoms with Crippen LogP contribution in [0.5, 0.6) is 5.75 Å². The fraction of sp³-hybridized carbons (Fsp3) is 0.312. The van der Waals surface area contributed by atoms with Crippen molar-refractivity contribution < 1.29 is 19.2 Å². The Hall–Kier alpha value is -3.03. The van der Waals surface area contributed by atoms with E-state index in [1.807, 2.05) is 0 Å². The van der Waals surface area contributed by atoms with Crippen LogP contribution in [0.2, 0.25) is 0 Å². The van der Waals surface area contributed by atoms with E-state index in [0.29, 0.717) is 16.8 Å². The number of nitro groups is 1. The second kappa shape index (κ2) is 6.61. The Morgan fingerprint density at radius 1 is 1.38 bits per heavy atom. The van der Waals surface area contributed by atoms with Gasteiger partial charge in [0.05, 0.1) is 5.69 Å². The first-order chi connectivity index (χ1) is 11.2. The van der Waals surface area contributed by atoms with Crippen LogP contribution in [-0.2, 0) is 0 Å². The number of aromatic nitrogens is 2.